The number of aryl methyl sites for hydroxylation is 13. The summed E-state index contributed by atoms with van der Waals surface area (Å²) in [6, 6.07) is 79.3. The Morgan fingerprint density at radius 2 is 0.470 bits per heavy atom. The Hall–Kier alpha value is -13.5. The number of carboxylic acid groups (broad SMARTS) is 1. The second-order valence-electron chi connectivity index (χ2n) is 42.6. The number of benzene rings is 14. The quantitative estimate of drug-likeness (QED) is 0.177. The Labute approximate surface area is 806 Å². The topological polar surface area (TPSA) is 106 Å². The van der Waals surface area contributed by atoms with Crippen molar-refractivity contribution in [3.63, 3.8) is 0 Å². The van der Waals surface area contributed by atoms with Crippen molar-refractivity contribution in [1.82, 2.24) is 32.0 Å². The summed E-state index contributed by atoms with van der Waals surface area (Å²) < 4.78 is 96.5. The van der Waals surface area contributed by atoms with Gasteiger partial charge < -0.3 is 37.1 Å². The van der Waals surface area contributed by atoms with Crippen molar-refractivity contribution in [3.8, 4) is 0 Å². The minimum atomic E-state index is -2.06. The van der Waals surface area contributed by atoms with E-state index in [0.29, 0.717) is 65.4 Å². The molecule has 0 saturated heterocycles. The van der Waals surface area contributed by atoms with Crippen molar-refractivity contribution in [2.75, 3.05) is 0 Å². The van der Waals surface area contributed by atoms with Gasteiger partial charge in [0.05, 0.1) is 13.8 Å². The fourth-order valence-corrected chi connectivity index (χ4v) is 18.3. The number of para-hydroxylation sites is 1. The van der Waals surface area contributed by atoms with E-state index >= 15 is 0 Å². The zero-order chi connectivity index (χ0) is 106. The molecule has 0 amide bonds. The molecule has 0 aliphatic heterocycles. The molecule has 0 fully saturated rings. The summed E-state index contributed by atoms with van der Waals surface area (Å²) in [7, 11) is 14.3. The van der Waals surface area contributed by atoms with E-state index in [1.165, 1.54) is 110 Å². The van der Waals surface area contributed by atoms with E-state index in [-0.39, 0.29) is 38.6 Å². The highest BCUT2D eigenvalue weighted by molar-refractivity contribution is 6.14. The zero-order valence-corrected chi connectivity index (χ0v) is 83.9. The molecule has 7 aromatic heterocycles. The second-order valence-corrected chi connectivity index (χ2v) is 42.6. The van der Waals surface area contributed by atoms with E-state index in [1.807, 2.05) is 136 Å². The lowest BCUT2D eigenvalue weighted by molar-refractivity contribution is -0.191. The highest BCUT2D eigenvalue weighted by atomic mass is 16.4. The van der Waals surface area contributed by atoms with E-state index in [4.69, 9.17) is 28.4 Å². The molecule has 134 heavy (non-hydrogen) atoms. The number of fused-ring (bicyclic) bond motifs is 21. The van der Waals surface area contributed by atoms with Gasteiger partial charge in [-0.05, 0) is 277 Å². The number of aromatic nitrogens is 7. The Morgan fingerprint density at radius 1 is 0.254 bits per heavy atom. The molecule has 14 aromatic carbocycles. The van der Waals surface area contributed by atoms with Gasteiger partial charge in [-0.3, -0.25) is 0 Å². The Kier molecular flexibility index (Phi) is 23.0. The van der Waals surface area contributed by atoms with Crippen LogP contribution in [0.15, 0.2) is 261 Å². The van der Waals surface area contributed by atoms with Crippen LogP contribution < -0.4 is 0 Å². The van der Waals surface area contributed by atoms with Gasteiger partial charge in [0.2, 0.25) is 0 Å². The van der Waals surface area contributed by atoms with Gasteiger partial charge in [0.1, 0.15) is 0 Å². The summed E-state index contributed by atoms with van der Waals surface area (Å²) in [6.45, 7) is 45.4. The number of carbonyl (C=O) groups excluding carboxylic acids is 2. The smallest absolute Gasteiger partial charge is 0.373 e. The van der Waals surface area contributed by atoms with Crippen molar-refractivity contribution >= 4 is 165 Å². The van der Waals surface area contributed by atoms with Crippen LogP contribution in [-0.4, -0.2) is 49.2 Å². The molecule has 0 radical (unpaired) electrons. The number of nitrogens with zero attached hydrogens (tertiary/aromatic N) is 7. The molecule has 7 heterocycles. The summed E-state index contributed by atoms with van der Waals surface area (Å²) in [6.07, 6.45) is 0.250. The lowest BCUT2D eigenvalue weighted by Crippen LogP contribution is -2.10. The predicted molar refractivity (Wildman–Crippen MR) is 576 cm³/mol. The lowest BCUT2D eigenvalue weighted by atomic mass is 9.85. The molecule has 0 bridgehead atoms. The molecule has 0 aliphatic rings. The predicted octanol–water partition coefficient (Wildman–Crippen LogP) is 32.1. The van der Waals surface area contributed by atoms with Crippen molar-refractivity contribution in [2.24, 2.45) is 49.3 Å². The van der Waals surface area contributed by atoms with Gasteiger partial charge in [-0.15, -0.1) is 0 Å². The summed E-state index contributed by atoms with van der Waals surface area (Å²) in [4.78, 5) is 27.2. The van der Waals surface area contributed by atoms with Gasteiger partial charge in [-0.1, -0.05) is 249 Å². The van der Waals surface area contributed by atoms with Crippen LogP contribution in [0, 0.1) is 41.4 Å². The molecular weight excluding hydrogens is 1640 g/mol. The molecule has 1 N–H and O–H groups in total. The van der Waals surface area contributed by atoms with Crippen LogP contribution in [0.25, 0.3) is 153 Å². The van der Waals surface area contributed by atoms with Crippen LogP contribution in [0.5, 0.6) is 0 Å². The number of aromatic carboxylic acids is 1. The molecule has 0 spiro atoms. The van der Waals surface area contributed by atoms with Crippen molar-refractivity contribution in [2.45, 2.75) is 199 Å². The summed E-state index contributed by atoms with van der Waals surface area (Å²) in [5, 5.41) is 25.0. The SMILES string of the molecule is Cc1ccc2c(c1)c1cc(C)ccc1n2C.Cn1c2ccc(C(C)(C)C)cc2c2cc(C(C)(C)C)ccc21.Cn1c2ccccc2c2cc(C(=O)O)ccc21.O=C=O.[2H]C([2H])([2H])c1ccc2c(c1)c1cc(C)ccc1n2C.[2H]Cc1ccc2c(c1)c1cc(C)ccc1n2C.[2H]c1cc2c(c([2H])c1C(C)(C)C)c1c([2H])c(C(C)(C)C)c([2H])cc1n2C.[2H]c1cc2c(cc1C(C)(C)C)c1cc(C(C)(C)C)c([2H])cc1n2C. The maximum atomic E-state index is 11.0. The van der Waals surface area contributed by atoms with Crippen molar-refractivity contribution < 1.29 is 33.2 Å². The van der Waals surface area contributed by atoms with E-state index in [9.17, 15) is 4.79 Å². The largest absolute Gasteiger partial charge is 0.478 e. The molecule has 11 heteroatoms. The highest BCUT2D eigenvalue weighted by Gasteiger charge is 2.25. The van der Waals surface area contributed by atoms with Crippen LogP contribution >= 0.6 is 0 Å². The van der Waals surface area contributed by atoms with E-state index in [1.54, 1.807) is 36.4 Å². The number of hydrogen-bond acceptors (Lipinski definition) is 3. The van der Waals surface area contributed by atoms with Crippen LogP contribution in [0.1, 0.15) is 215 Å². The van der Waals surface area contributed by atoms with Crippen LogP contribution in [-0.2, 0) is 91.4 Å². The Bertz CT molecular complexity index is 8400. The lowest BCUT2D eigenvalue weighted by Gasteiger charge is -2.19. The van der Waals surface area contributed by atoms with Gasteiger partial charge in [0.15, 0.2) is 0 Å². The highest BCUT2D eigenvalue weighted by Crippen LogP contribution is 2.42. The maximum absolute atomic E-state index is 11.0. The summed E-state index contributed by atoms with van der Waals surface area (Å²) in [5.74, 6) is -0.889. The Morgan fingerprint density at radius 3 is 0.761 bits per heavy atom. The van der Waals surface area contributed by atoms with Gasteiger partial charge >= 0.3 is 12.1 Å². The second kappa shape index (κ2) is 36.8. The number of rotatable bonds is 1. The van der Waals surface area contributed by atoms with Gasteiger partial charge in [0, 0.05) is 207 Å². The first-order valence-electron chi connectivity index (χ1n) is 51.3. The monoisotopic (exact) mass is 1790 g/mol. The molecule has 0 aliphatic carbocycles. The first-order chi connectivity index (χ1) is 67.1. The third-order valence-electron chi connectivity index (χ3n) is 26.3. The van der Waals surface area contributed by atoms with E-state index < -0.39 is 12.8 Å². The third kappa shape index (κ3) is 19.4. The zero-order valence-electron chi connectivity index (χ0n) is 93.9. The molecule has 21 aromatic rings. The minimum absolute atomic E-state index is 0.0599. The number of hydrogen-bond donors (Lipinski definition) is 1. The average molecular weight is 1790 g/mol. The van der Waals surface area contributed by atoms with Crippen LogP contribution in [0.3, 0.4) is 0 Å². The molecule has 0 saturated carbocycles. The first-order valence-corrected chi connectivity index (χ1v) is 46.1. The average Bonchev–Trinajstić information content (AvgIpc) is 1.58. The normalized spacial score (nSPS) is 13.2. The van der Waals surface area contributed by atoms with Gasteiger partial charge in [-0.25, -0.2) is 4.79 Å². The molecule has 0 atom stereocenters. The molecule has 11 nitrogen and oxygen atoms in total. The van der Waals surface area contributed by atoms with Gasteiger partial charge in [-0.2, -0.15) is 9.59 Å². The van der Waals surface area contributed by atoms with Crippen molar-refractivity contribution in [3.05, 3.63) is 333 Å². The van der Waals surface area contributed by atoms with E-state index in [2.05, 4.69) is 286 Å². The van der Waals surface area contributed by atoms with Crippen molar-refractivity contribution in [1.29, 1.82) is 0 Å². The van der Waals surface area contributed by atoms with Crippen LogP contribution in [0.4, 0.5) is 0 Å². The number of carboxylic acids is 1. The fraction of sp³-hybridized carbons (Fsp3) is 0.301. The molecule has 21 rings (SSSR count). The van der Waals surface area contributed by atoms with E-state index in [0.717, 1.165) is 93.1 Å². The summed E-state index contributed by atoms with van der Waals surface area (Å²) >= 11 is 0. The first kappa shape index (κ1) is 83.6. The third-order valence-corrected chi connectivity index (χ3v) is 26.3. The maximum Gasteiger partial charge on any atom is 0.373 e. The Balaban J connectivity index is 0.000000133. The summed E-state index contributed by atoms with van der Waals surface area (Å²) in [5.41, 5.74) is 28.6. The standard InChI is InChI=1S/3C21H27N.3C15H15N.C14H11NO2.CO2/c3*1-20(2,3)14-8-10-18-16(12-14)17-13-15(21(4,5)6)9-11-19(17)22(18)7;3*1-10-4-6-14-12(8-10)13-9-11(2)5-7-15(13)16(14)3;1-15-12-5-3-2-4-10(12)11-8-9(14(16)17)6-7-13(11)15;2-1-3/h3*8-13H,1-7H3;3*4-9H,1-3H3;2-8H,1H3,(H,16,17);/i8D,9D,12D,13D;8D,9D;;1D3;1D;;;. The number of carbonyl (C=O) groups is 1. The molecular formula is C123H137N7O4. The fourth-order valence-electron chi connectivity index (χ4n) is 18.3. The van der Waals surface area contributed by atoms with Gasteiger partial charge in [0.25, 0.3) is 0 Å². The molecule has 688 valence electrons. The van der Waals surface area contributed by atoms with Crippen LogP contribution in [0.2, 0.25) is 0 Å². The molecule has 0 unspecified atom stereocenters. The minimum Gasteiger partial charge on any atom is -0.478 e.